The average molecular weight is 343 g/mol. The van der Waals surface area contributed by atoms with E-state index in [4.69, 9.17) is 4.42 Å². The van der Waals surface area contributed by atoms with E-state index in [0.717, 1.165) is 25.4 Å². The molecule has 0 aliphatic heterocycles. The number of likely N-dealkylation sites (N-methyl/N-ethyl adjacent to an activating group) is 1. The first-order valence-corrected chi connectivity index (χ1v) is 8.00. The van der Waals surface area contributed by atoms with Gasteiger partial charge in [0.05, 0.1) is 16.1 Å². The van der Waals surface area contributed by atoms with Crippen LogP contribution in [0, 0.1) is 0 Å². The van der Waals surface area contributed by atoms with Crippen LogP contribution in [0.1, 0.15) is 24.3 Å². The summed E-state index contributed by atoms with van der Waals surface area (Å²) in [5, 5.41) is 5.66. The highest BCUT2D eigenvalue weighted by atomic mass is 79.9. The molecular formula is C14H19BrN2OS. The van der Waals surface area contributed by atoms with Gasteiger partial charge in [-0.05, 0) is 59.0 Å². The Morgan fingerprint density at radius 3 is 3.00 bits per heavy atom. The molecule has 0 radical (unpaired) electrons. The van der Waals surface area contributed by atoms with Gasteiger partial charge < -0.3 is 14.6 Å². The van der Waals surface area contributed by atoms with Crippen LogP contribution >= 0.6 is 27.3 Å². The highest BCUT2D eigenvalue weighted by Crippen LogP contribution is 2.21. The Kier molecular flexibility index (Phi) is 5.63. The molecule has 0 bridgehead atoms. The minimum atomic E-state index is 0.263. The number of thiophene rings is 1. The molecule has 0 saturated carbocycles. The van der Waals surface area contributed by atoms with Gasteiger partial charge in [0, 0.05) is 19.6 Å². The topological polar surface area (TPSA) is 28.4 Å². The Morgan fingerprint density at radius 1 is 1.53 bits per heavy atom. The van der Waals surface area contributed by atoms with E-state index in [9.17, 15) is 0 Å². The molecule has 0 fully saturated rings. The normalized spacial score (nSPS) is 13.1. The van der Waals surface area contributed by atoms with Crippen molar-refractivity contribution in [1.29, 1.82) is 0 Å². The first-order valence-electron chi connectivity index (χ1n) is 6.33. The molecule has 2 aromatic heterocycles. The molecule has 104 valence electrons. The van der Waals surface area contributed by atoms with Crippen LogP contribution in [0.2, 0.25) is 0 Å². The smallest absolute Gasteiger partial charge is 0.120 e. The second kappa shape index (κ2) is 7.24. The molecule has 0 spiro atoms. The highest BCUT2D eigenvalue weighted by Gasteiger charge is 2.08. The molecule has 0 aromatic carbocycles. The van der Waals surface area contributed by atoms with Crippen LogP contribution in [0.15, 0.2) is 38.0 Å². The van der Waals surface area contributed by atoms with Crippen molar-refractivity contribution in [3.05, 3.63) is 45.0 Å². The van der Waals surface area contributed by atoms with Gasteiger partial charge in [-0.15, -0.1) is 11.3 Å². The molecule has 3 nitrogen and oxygen atoms in total. The third kappa shape index (κ3) is 4.76. The Hall–Kier alpha value is -0.620. The first kappa shape index (κ1) is 14.8. The van der Waals surface area contributed by atoms with E-state index in [2.05, 4.69) is 51.6 Å². The Balaban J connectivity index is 1.68. The molecule has 1 N–H and O–H groups in total. The van der Waals surface area contributed by atoms with Gasteiger partial charge in [-0.2, -0.15) is 0 Å². The summed E-state index contributed by atoms with van der Waals surface area (Å²) in [6.07, 6.45) is 1.72. The van der Waals surface area contributed by atoms with E-state index in [-0.39, 0.29) is 6.04 Å². The molecule has 0 saturated heterocycles. The van der Waals surface area contributed by atoms with Crippen LogP contribution in [0.4, 0.5) is 0 Å². The van der Waals surface area contributed by atoms with Crippen LogP contribution in [-0.2, 0) is 6.54 Å². The first-order chi connectivity index (χ1) is 9.15. The minimum absolute atomic E-state index is 0.263. The van der Waals surface area contributed by atoms with Crippen LogP contribution in [0.25, 0.3) is 0 Å². The van der Waals surface area contributed by atoms with Crippen LogP contribution in [0.5, 0.6) is 0 Å². The van der Waals surface area contributed by atoms with Gasteiger partial charge in [0.1, 0.15) is 5.76 Å². The fourth-order valence-corrected chi connectivity index (χ4v) is 3.13. The Bertz CT molecular complexity index is 483. The lowest BCUT2D eigenvalue weighted by Gasteiger charge is -2.18. The number of nitrogens with zero attached hydrogens (tertiary/aromatic N) is 1. The van der Waals surface area contributed by atoms with Crippen molar-refractivity contribution in [2.24, 2.45) is 0 Å². The average Bonchev–Trinajstić information content (AvgIpc) is 3.00. The standard InChI is InChI=1S/C14H19BrN2OS/c1-11(13-4-3-7-18-13)16-5-6-17(2)9-12-8-14(15)19-10-12/h3-4,7-8,10-11,16H,5-6,9H2,1-2H3. The number of furan rings is 1. The zero-order valence-corrected chi connectivity index (χ0v) is 13.6. The molecule has 0 aliphatic rings. The molecule has 2 rings (SSSR count). The summed E-state index contributed by atoms with van der Waals surface area (Å²) in [5.74, 6) is 0.990. The lowest BCUT2D eigenvalue weighted by atomic mass is 10.2. The van der Waals surface area contributed by atoms with Crippen molar-refractivity contribution >= 4 is 27.3 Å². The van der Waals surface area contributed by atoms with E-state index in [1.807, 2.05) is 12.1 Å². The monoisotopic (exact) mass is 342 g/mol. The van der Waals surface area contributed by atoms with Crippen molar-refractivity contribution in [2.75, 3.05) is 20.1 Å². The van der Waals surface area contributed by atoms with Crippen molar-refractivity contribution < 1.29 is 4.42 Å². The second-order valence-electron chi connectivity index (χ2n) is 4.69. The third-order valence-electron chi connectivity index (χ3n) is 2.99. The lowest BCUT2D eigenvalue weighted by molar-refractivity contribution is 0.313. The van der Waals surface area contributed by atoms with Gasteiger partial charge in [-0.3, -0.25) is 0 Å². The molecular weight excluding hydrogens is 324 g/mol. The Morgan fingerprint density at radius 2 is 2.37 bits per heavy atom. The summed E-state index contributed by atoms with van der Waals surface area (Å²) >= 11 is 5.23. The lowest BCUT2D eigenvalue weighted by Crippen LogP contribution is -2.30. The van der Waals surface area contributed by atoms with Gasteiger partial charge in [-0.25, -0.2) is 0 Å². The molecule has 1 atom stereocenters. The van der Waals surface area contributed by atoms with Crippen LogP contribution in [-0.4, -0.2) is 25.0 Å². The van der Waals surface area contributed by atoms with E-state index in [1.165, 1.54) is 9.35 Å². The number of halogens is 1. The maximum absolute atomic E-state index is 5.37. The number of hydrogen-bond donors (Lipinski definition) is 1. The van der Waals surface area contributed by atoms with Crippen LogP contribution < -0.4 is 5.32 Å². The maximum atomic E-state index is 5.37. The zero-order chi connectivity index (χ0) is 13.7. The summed E-state index contributed by atoms with van der Waals surface area (Å²) in [6.45, 7) is 5.07. The number of nitrogens with one attached hydrogen (secondary N) is 1. The molecule has 5 heteroatoms. The molecule has 19 heavy (non-hydrogen) atoms. The largest absolute Gasteiger partial charge is 0.468 e. The third-order valence-corrected chi connectivity index (χ3v) is 4.54. The molecule has 2 aromatic rings. The van der Waals surface area contributed by atoms with Gasteiger partial charge in [0.2, 0.25) is 0 Å². The van der Waals surface area contributed by atoms with E-state index >= 15 is 0 Å². The number of rotatable bonds is 7. The van der Waals surface area contributed by atoms with E-state index in [1.54, 1.807) is 17.6 Å². The molecule has 0 aliphatic carbocycles. The van der Waals surface area contributed by atoms with Crippen molar-refractivity contribution in [3.8, 4) is 0 Å². The number of hydrogen-bond acceptors (Lipinski definition) is 4. The van der Waals surface area contributed by atoms with Gasteiger partial charge in [-0.1, -0.05) is 0 Å². The minimum Gasteiger partial charge on any atom is -0.468 e. The van der Waals surface area contributed by atoms with Gasteiger partial charge in [0.15, 0.2) is 0 Å². The van der Waals surface area contributed by atoms with E-state index in [0.29, 0.717) is 0 Å². The zero-order valence-electron chi connectivity index (χ0n) is 11.2. The summed E-state index contributed by atoms with van der Waals surface area (Å²) in [5.41, 5.74) is 1.36. The van der Waals surface area contributed by atoms with Crippen molar-refractivity contribution in [2.45, 2.75) is 19.5 Å². The predicted octanol–water partition coefficient (Wildman–Crippen LogP) is 3.89. The SMILES string of the molecule is CC(NCCN(C)Cc1csc(Br)c1)c1ccco1. The van der Waals surface area contributed by atoms with E-state index < -0.39 is 0 Å². The second-order valence-corrected chi connectivity index (χ2v) is 6.98. The summed E-state index contributed by atoms with van der Waals surface area (Å²) in [7, 11) is 2.14. The van der Waals surface area contributed by atoms with Gasteiger partial charge >= 0.3 is 0 Å². The fraction of sp³-hybridized carbons (Fsp3) is 0.429. The highest BCUT2D eigenvalue weighted by molar-refractivity contribution is 9.11. The predicted molar refractivity (Wildman–Crippen MR) is 83.5 cm³/mol. The Labute approximate surface area is 126 Å². The molecule has 0 amide bonds. The van der Waals surface area contributed by atoms with Crippen molar-refractivity contribution in [1.82, 2.24) is 10.2 Å². The summed E-state index contributed by atoms with van der Waals surface area (Å²) < 4.78 is 6.57. The maximum Gasteiger partial charge on any atom is 0.120 e. The van der Waals surface area contributed by atoms with Crippen LogP contribution in [0.3, 0.4) is 0 Å². The molecule has 2 heterocycles. The van der Waals surface area contributed by atoms with Gasteiger partial charge in [0.25, 0.3) is 0 Å². The molecule has 1 unspecified atom stereocenters. The quantitative estimate of drug-likeness (QED) is 0.827. The van der Waals surface area contributed by atoms with Crippen molar-refractivity contribution in [3.63, 3.8) is 0 Å². The summed E-state index contributed by atoms with van der Waals surface area (Å²) in [4.78, 5) is 2.32. The summed E-state index contributed by atoms with van der Waals surface area (Å²) in [6, 6.07) is 6.37. The fourth-order valence-electron chi connectivity index (χ4n) is 1.93.